The average molecular weight is 258 g/mol. The second-order valence-corrected chi connectivity index (χ2v) is 5.09. The Balaban J connectivity index is 2.05. The Morgan fingerprint density at radius 2 is 2.00 bits per heavy atom. The van der Waals surface area contributed by atoms with Gasteiger partial charge in [-0.25, -0.2) is 0 Å². The summed E-state index contributed by atoms with van der Waals surface area (Å²) >= 11 is 0. The molecule has 4 heteroatoms. The summed E-state index contributed by atoms with van der Waals surface area (Å²) in [6.45, 7) is 0. The SMILES string of the molecule is OC1CCCC(Cc2cccc(C(F)(F)F)c2)C1. The molecular formula is C14H17F3O. The second kappa shape index (κ2) is 5.31. The molecule has 0 radical (unpaired) electrons. The van der Waals surface area contributed by atoms with Crippen molar-refractivity contribution in [2.45, 2.75) is 44.4 Å². The molecule has 1 saturated carbocycles. The maximum absolute atomic E-state index is 12.6. The van der Waals surface area contributed by atoms with E-state index in [1.807, 2.05) is 0 Å². The number of rotatable bonds is 2. The molecule has 0 aliphatic heterocycles. The van der Waals surface area contributed by atoms with Crippen LogP contribution in [0.1, 0.15) is 36.8 Å². The van der Waals surface area contributed by atoms with Gasteiger partial charge in [-0.3, -0.25) is 0 Å². The zero-order valence-electron chi connectivity index (χ0n) is 10.1. The van der Waals surface area contributed by atoms with Gasteiger partial charge in [-0.15, -0.1) is 0 Å². The van der Waals surface area contributed by atoms with Crippen LogP contribution in [0.4, 0.5) is 13.2 Å². The zero-order chi connectivity index (χ0) is 13.2. The normalized spacial score (nSPS) is 25.1. The maximum Gasteiger partial charge on any atom is 0.416 e. The summed E-state index contributed by atoms with van der Waals surface area (Å²) in [5, 5.41) is 9.56. The predicted molar refractivity (Wildman–Crippen MR) is 63.1 cm³/mol. The van der Waals surface area contributed by atoms with Crippen molar-refractivity contribution in [3.05, 3.63) is 35.4 Å². The van der Waals surface area contributed by atoms with Crippen LogP contribution in [0.2, 0.25) is 0 Å². The largest absolute Gasteiger partial charge is 0.416 e. The fourth-order valence-corrected chi connectivity index (χ4v) is 2.66. The predicted octanol–water partition coefficient (Wildman–Crippen LogP) is 3.80. The van der Waals surface area contributed by atoms with Gasteiger partial charge in [0.05, 0.1) is 11.7 Å². The van der Waals surface area contributed by atoms with Crippen molar-refractivity contribution in [1.29, 1.82) is 0 Å². The highest BCUT2D eigenvalue weighted by molar-refractivity contribution is 5.26. The maximum atomic E-state index is 12.6. The smallest absolute Gasteiger partial charge is 0.393 e. The summed E-state index contributed by atoms with van der Waals surface area (Å²) in [7, 11) is 0. The van der Waals surface area contributed by atoms with Crippen LogP contribution in [-0.4, -0.2) is 11.2 Å². The molecule has 0 amide bonds. The van der Waals surface area contributed by atoms with E-state index < -0.39 is 11.7 Å². The molecule has 0 bridgehead atoms. The molecule has 0 saturated heterocycles. The van der Waals surface area contributed by atoms with Crippen molar-refractivity contribution in [1.82, 2.24) is 0 Å². The number of benzene rings is 1. The van der Waals surface area contributed by atoms with Crippen molar-refractivity contribution in [2.75, 3.05) is 0 Å². The van der Waals surface area contributed by atoms with Crippen molar-refractivity contribution >= 4 is 0 Å². The van der Waals surface area contributed by atoms with E-state index in [1.54, 1.807) is 6.07 Å². The van der Waals surface area contributed by atoms with Crippen LogP contribution in [0.3, 0.4) is 0 Å². The first-order chi connectivity index (χ1) is 8.45. The van der Waals surface area contributed by atoms with Crippen LogP contribution in [-0.2, 0) is 12.6 Å². The number of aliphatic hydroxyl groups excluding tert-OH is 1. The molecule has 1 nitrogen and oxygen atoms in total. The first-order valence-electron chi connectivity index (χ1n) is 6.29. The Morgan fingerprint density at radius 1 is 1.22 bits per heavy atom. The van der Waals surface area contributed by atoms with E-state index >= 15 is 0 Å². The third-order valence-electron chi connectivity index (χ3n) is 3.53. The van der Waals surface area contributed by atoms with E-state index in [-0.39, 0.29) is 6.10 Å². The summed E-state index contributed by atoms with van der Waals surface area (Å²) in [5.74, 6) is 0.303. The van der Waals surface area contributed by atoms with Gasteiger partial charge >= 0.3 is 6.18 Å². The molecule has 1 fully saturated rings. The fraction of sp³-hybridized carbons (Fsp3) is 0.571. The molecular weight excluding hydrogens is 241 g/mol. The topological polar surface area (TPSA) is 20.2 Å². The Hall–Kier alpha value is -1.03. The Kier molecular flexibility index (Phi) is 3.95. The molecule has 0 heterocycles. The first kappa shape index (κ1) is 13.4. The second-order valence-electron chi connectivity index (χ2n) is 5.09. The zero-order valence-corrected chi connectivity index (χ0v) is 10.1. The van der Waals surface area contributed by atoms with Gasteiger partial charge in [-0.1, -0.05) is 24.6 Å². The highest BCUT2D eigenvalue weighted by Gasteiger charge is 2.30. The minimum Gasteiger partial charge on any atom is -0.393 e. The van der Waals surface area contributed by atoms with Gasteiger partial charge in [-0.2, -0.15) is 13.2 Å². The van der Waals surface area contributed by atoms with Gasteiger partial charge in [0.2, 0.25) is 0 Å². The summed E-state index contributed by atoms with van der Waals surface area (Å²) < 4.78 is 37.7. The molecule has 100 valence electrons. The Labute approximate surface area is 105 Å². The molecule has 1 aliphatic carbocycles. The standard InChI is InChI=1S/C14H17F3O/c15-14(16,17)12-5-1-3-10(8-12)7-11-4-2-6-13(18)9-11/h1,3,5,8,11,13,18H,2,4,6-7,9H2. The molecule has 1 aromatic carbocycles. The molecule has 0 spiro atoms. The van der Waals surface area contributed by atoms with E-state index in [2.05, 4.69) is 0 Å². The molecule has 2 rings (SSSR count). The highest BCUT2D eigenvalue weighted by Crippen LogP contribution is 2.32. The lowest BCUT2D eigenvalue weighted by atomic mass is 9.83. The van der Waals surface area contributed by atoms with E-state index in [4.69, 9.17) is 0 Å². The fourth-order valence-electron chi connectivity index (χ4n) is 2.66. The number of hydrogen-bond acceptors (Lipinski definition) is 1. The molecule has 1 aliphatic rings. The van der Waals surface area contributed by atoms with Crippen molar-refractivity contribution < 1.29 is 18.3 Å². The van der Waals surface area contributed by atoms with E-state index in [1.165, 1.54) is 12.1 Å². The number of alkyl halides is 3. The summed E-state index contributed by atoms with van der Waals surface area (Å²) in [6.07, 6.45) is -0.453. The quantitative estimate of drug-likeness (QED) is 0.855. The lowest BCUT2D eigenvalue weighted by molar-refractivity contribution is -0.137. The van der Waals surface area contributed by atoms with Gasteiger partial charge < -0.3 is 5.11 Å². The highest BCUT2D eigenvalue weighted by atomic mass is 19.4. The van der Waals surface area contributed by atoms with Gasteiger partial charge in [0.25, 0.3) is 0 Å². The molecule has 2 atom stereocenters. The van der Waals surface area contributed by atoms with E-state index in [0.717, 1.165) is 25.3 Å². The summed E-state index contributed by atoms with van der Waals surface area (Å²) in [4.78, 5) is 0. The third kappa shape index (κ3) is 3.48. The van der Waals surface area contributed by atoms with E-state index in [0.29, 0.717) is 24.3 Å². The van der Waals surface area contributed by atoms with Crippen molar-refractivity contribution in [3.63, 3.8) is 0 Å². The van der Waals surface area contributed by atoms with Crippen LogP contribution in [0, 0.1) is 5.92 Å². The minimum absolute atomic E-state index is 0.283. The average Bonchev–Trinajstić information content (AvgIpc) is 2.28. The van der Waals surface area contributed by atoms with Gasteiger partial charge in [0.1, 0.15) is 0 Å². The lowest BCUT2D eigenvalue weighted by Crippen LogP contribution is -2.21. The summed E-state index contributed by atoms with van der Waals surface area (Å²) in [6, 6.07) is 5.51. The lowest BCUT2D eigenvalue weighted by Gasteiger charge is -2.26. The number of hydrogen-bond donors (Lipinski definition) is 1. The van der Waals surface area contributed by atoms with Gasteiger partial charge in [0, 0.05) is 0 Å². The van der Waals surface area contributed by atoms with Crippen LogP contribution < -0.4 is 0 Å². The first-order valence-corrected chi connectivity index (χ1v) is 6.29. The van der Waals surface area contributed by atoms with Crippen LogP contribution in [0.5, 0.6) is 0 Å². The molecule has 2 unspecified atom stereocenters. The number of halogens is 3. The minimum atomic E-state index is -4.28. The van der Waals surface area contributed by atoms with Crippen LogP contribution in [0.15, 0.2) is 24.3 Å². The van der Waals surface area contributed by atoms with Crippen LogP contribution in [0.25, 0.3) is 0 Å². The van der Waals surface area contributed by atoms with E-state index in [9.17, 15) is 18.3 Å². The van der Waals surface area contributed by atoms with Crippen molar-refractivity contribution in [2.24, 2.45) is 5.92 Å². The monoisotopic (exact) mass is 258 g/mol. The summed E-state index contributed by atoms with van der Waals surface area (Å²) in [5.41, 5.74) is 0.125. The van der Waals surface area contributed by atoms with Gasteiger partial charge in [0.15, 0.2) is 0 Å². The molecule has 18 heavy (non-hydrogen) atoms. The third-order valence-corrected chi connectivity index (χ3v) is 3.53. The van der Waals surface area contributed by atoms with Gasteiger partial charge in [-0.05, 0) is 43.2 Å². The Bertz CT molecular complexity index is 400. The van der Waals surface area contributed by atoms with Crippen LogP contribution >= 0.6 is 0 Å². The van der Waals surface area contributed by atoms with Crippen molar-refractivity contribution in [3.8, 4) is 0 Å². The number of aliphatic hydroxyl groups is 1. The molecule has 1 aromatic rings. The molecule has 0 aromatic heterocycles. The molecule has 1 N–H and O–H groups in total. The Morgan fingerprint density at radius 3 is 2.67 bits per heavy atom.